The van der Waals surface area contributed by atoms with Gasteiger partial charge in [-0.3, -0.25) is 0 Å². The van der Waals surface area contributed by atoms with Gasteiger partial charge in [-0.25, -0.2) is 0 Å². The Morgan fingerprint density at radius 1 is 1.33 bits per heavy atom. The van der Waals surface area contributed by atoms with Crippen LogP contribution < -0.4 is 5.32 Å². The van der Waals surface area contributed by atoms with Crippen molar-refractivity contribution in [1.82, 2.24) is 20.6 Å². The Hall–Kier alpha value is -1.69. The summed E-state index contributed by atoms with van der Waals surface area (Å²) in [5, 5.41) is 10.6. The largest absolute Gasteiger partial charge is 0.351 e. The van der Waals surface area contributed by atoms with Crippen LogP contribution in [0, 0.1) is 6.92 Å². The first-order chi connectivity index (χ1) is 7.29. The summed E-state index contributed by atoms with van der Waals surface area (Å²) >= 11 is 0. The lowest BCUT2D eigenvalue weighted by molar-refractivity contribution is 0.380. The second-order valence-corrected chi connectivity index (χ2v) is 3.20. The van der Waals surface area contributed by atoms with E-state index in [0.29, 0.717) is 17.5 Å². The summed E-state index contributed by atoms with van der Waals surface area (Å²) in [6, 6.07) is 1.76. The van der Waals surface area contributed by atoms with Crippen LogP contribution in [0.3, 0.4) is 0 Å². The molecule has 0 aliphatic carbocycles. The molecule has 2 heterocycles. The van der Waals surface area contributed by atoms with Crippen LogP contribution in [0.25, 0.3) is 11.7 Å². The minimum atomic E-state index is 0.377. The van der Waals surface area contributed by atoms with Crippen LogP contribution in [0.15, 0.2) is 15.1 Å². The molecule has 0 radical (unpaired) electrons. The Bertz CT molecular complexity index is 435. The smallest absolute Gasteiger partial charge is 0.296 e. The van der Waals surface area contributed by atoms with Gasteiger partial charge in [0.2, 0.25) is 5.76 Å². The highest BCUT2D eigenvalue weighted by atomic mass is 16.5. The van der Waals surface area contributed by atoms with E-state index in [1.807, 2.05) is 14.0 Å². The molecule has 0 amide bonds. The van der Waals surface area contributed by atoms with Crippen molar-refractivity contribution in [1.29, 1.82) is 0 Å². The summed E-state index contributed by atoms with van der Waals surface area (Å²) in [6.07, 6.45) is 0.729. The van der Waals surface area contributed by atoms with Gasteiger partial charge in [0.1, 0.15) is 0 Å². The molecule has 0 fully saturated rings. The Balaban J connectivity index is 2.13. The molecular weight excluding hydrogens is 196 g/mol. The number of aromatic nitrogens is 3. The van der Waals surface area contributed by atoms with Crippen LogP contribution in [0.5, 0.6) is 0 Å². The number of nitrogens with zero attached hydrogens (tertiary/aromatic N) is 3. The zero-order valence-corrected chi connectivity index (χ0v) is 8.65. The van der Waals surface area contributed by atoms with Crippen LogP contribution >= 0.6 is 0 Å². The Morgan fingerprint density at radius 2 is 2.20 bits per heavy atom. The SMILES string of the molecule is CNCCc1noc(-c2cc(C)no2)n1. The highest BCUT2D eigenvalue weighted by molar-refractivity contribution is 5.43. The van der Waals surface area contributed by atoms with Gasteiger partial charge in [0.25, 0.3) is 5.89 Å². The van der Waals surface area contributed by atoms with Gasteiger partial charge in [-0.15, -0.1) is 0 Å². The second-order valence-electron chi connectivity index (χ2n) is 3.20. The third-order valence-corrected chi connectivity index (χ3v) is 1.91. The van der Waals surface area contributed by atoms with E-state index in [2.05, 4.69) is 20.6 Å². The summed E-state index contributed by atoms with van der Waals surface area (Å²) in [5.41, 5.74) is 0.792. The predicted octanol–water partition coefficient (Wildman–Crippen LogP) is 0.795. The second kappa shape index (κ2) is 4.22. The molecule has 0 atom stereocenters. The number of aryl methyl sites for hydroxylation is 1. The Kier molecular flexibility index (Phi) is 2.77. The minimum Gasteiger partial charge on any atom is -0.351 e. The molecule has 0 aromatic carbocycles. The van der Waals surface area contributed by atoms with Gasteiger partial charge in [-0.05, 0) is 14.0 Å². The normalized spacial score (nSPS) is 10.8. The molecule has 0 unspecified atom stereocenters. The van der Waals surface area contributed by atoms with Crippen molar-refractivity contribution in [3.63, 3.8) is 0 Å². The molecule has 0 bridgehead atoms. The molecule has 0 spiro atoms. The van der Waals surface area contributed by atoms with Crippen molar-refractivity contribution in [3.05, 3.63) is 17.6 Å². The quantitative estimate of drug-likeness (QED) is 0.800. The Morgan fingerprint density at radius 3 is 2.87 bits per heavy atom. The van der Waals surface area contributed by atoms with Gasteiger partial charge in [-0.2, -0.15) is 4.98 Å². The molecule has 6 nitrogen and oxygen atoms in total. The molecule has 6 heteroatoms. The van der Waals surface area contributed by atoms with Gasteiger partial charge in [0, 0.05) is 19.0 Å². The lowest BCUT2D eigenvalue weighted by Crippen LogP contribution is -2.10. The summed E-state index contributed by atoms with van der Waals surface area (Å²) in [4.78, 5) is 4.18. The molecule has 0 saturated carbocycles. The minimum absolute atomic E-state index is 0.377. The standard InChI is InChI=1S/C9H12N4O2/c1-6-5-7(14-12-6)9-11-8(13-15-9)3-4-10-2/h5,10H,3-4H2,1-2H3. The first-order valence-corrected chi connectivity index (χ1v) is 4.70. The number of nitrogens with one attached hydrogen (secondary N) is 1. The van der Waals surface area contributed by atoms with Crippen LogP contribution in [-0.2, 0) is 6.42 Å². The topological polar surface area (TPSA) is 77.0 Å². The molecule has 2 rings (SSSR count). The molecular formula is C9H12N4O2. The van der Waals surface area contributed by atoms with Crippen molar-refractivity contribution in [2.45, 2.75) is 13.3 Å². The monoisotopic (exact) mass is 208 g/mol. The van der Waals surface area contributed by atoms with E-state index in [0.717, 1.165) is 18.7 Å². The average Bonchev–Trinajstić information content (AvgIpc) is 2.83. The van der Waals surface area contributed by atoms with E-state index >= 15 is 0 Å². The molecule has 0 aliphatic heterocycles. The van der Waals surface area contributed by atoms with Crippen molar-refractivity contribution >= 4 is 0 Å². The molecule has 2 aromatic heterocycles. The maximum absolute atomic E-state index is 5.04. The number of likely N-dealkylation sites (N-methyl/N-ethyl adjacent to an activating group) is 1. The highest BCUT2D eigenvalue weighted by Gasteiger charge is 2.12. The van der Waals surface area contributed by atoms with E-state index in [1.165, 1.54) is 0 Å². The van der Waals surface area contributed by atoms with Crippen molar-refractivity contribution in [2.24, 2.45) is 0 Å². The zero-order valence-electron chi connectivity index (χ0n) is 8.65. The zero-order chi connectivity index (χ0) is 10.7. The summed E-state index contributed by atoms with van der Waals surface area (Å²) in [6.45, 7) is 2.65. The molecule has 0 aliphatic rings. The van der Waals surface area contributed by atoms with Gasteiger partial charge in [0.15, 0.2) is 5.82 Å². The maximum Gasteiger partial charge on any atom is 0.296 e. The molecule has 0 saturated heterocycles. The lowest BCUT2D eigenvalue weighted by Gasteiger charge is -1.90. The summed E-state index contributed by atoms with van der Waals surface area (Å²) < 4.78 is 10.0. The predicted molar refractivity (Wildman–Crippen MR) is 52.2 cm³/mol. The van der Waals surface area contributed by atoms with Crippen LogP contribution in [0.2, 0.25) is 0 Å². The van der Waals surface area contributed by atoms with E-state index < -0.39 is 0 Å². The van der Waals surface area contributed by atoms with Crippen molar-refractivity contribution < 1.29 is 9.05 Å². The lowest BCUT2D eigenvalue weighted by atomic mass is 10.4. The number of hydrogen-bond donors (Lipinski definition) is 1. The van der Waals surface area contributed by atoms with Gasteiger partial charge in [-0.1, -0.05) is 10.3 Å². The first kappa shape index (κ1) is 9.85. The maximum atomic E-state index is 5.04. The van der Waals surface area contributed by atoms with Crippen molar-refractivity contribution in [3.8, 4) is 11.7 Å². The van der Waals surface area contributed by atoms with Gasteiger partial charge in [0.05, 0.1) is 5.69 Å². The number of rotatable bonds is 4. The molecule has 80 valence electrons. The van der Waals surface area contributed by atoms with E-state index in [1.54, 1.807) is 6.07 Å². The Labute approximate surface area is 86.6 Å². The fourth-order valence-corrected chi connectivity index (χ4v) is 1.16. The van der Waals surface area contributed by atoms with Crippen LogP contribution in [0.4, 0.5) is 0 Å². The van der Waals surface area contributed by atoms with E-state index in [9.17, 15) is 0 Å². The fourth-order valence-electron chi connectivity index (χ4n) is 1.16. The van der Waals surface area contributed by atoms with Crippen LogP contribution in [0.1, 0.15) is 11.5 Å². The first-order valence-electron chi connectivity index (χ1n) is 4.70. The molecule has 2 aromatic rings. The average molecular weight is 208 g/mol. The van der Waals surface area contributed by atoms with E-state index in [-0.39, 0.29) is 0 Å². The number of hydrogen-bond acceptors (Lipinski definition) is 6. The highest BCUT2D eigenvalue weighted by Crippen LogP contribution is 2.17. The third-order valence-electron chi connectivity index (χ3n) is 1.91. The van der Waals surface area contributed by atoms with Gasteiger partial charge < -0.3 is 14.4 Å². The molecule has 1 N–H and O–H groups in total. The summed E-state index contributed by atoms with van der Waals surface area (Å²) in [5.74, 6) is 1.55. The van der Waals surface area contributed by atoms with Crippen LogP contribution in [-0.4, -0.2) is 28.9 Å². The third kappa shape index (κ3) is 2.21. The molecule has 15 heavy (non-hydrogen) atoms. The summed E-state index contributed by atoms with van der Waals surface area (Å²) in [7, 11) is 1.88. The van der Waals surface area contributed by atoms with E-state index in [4.69, 9.17) is 9.05 Å². The fraction of sp³-hybridized carbons (Fsp3) is 0.444. The van der Waals surface area contributed by atoms with Gasteiger partial charge >= 0.3 is 0 Å². The van der Waals surface area contributed by atoms with Crippen molar-refractivity contribution in [2.75, 3.05) is 13.6 Å².